The largest absolute Gasteiger partial charge is 0.598 e. The van der Waals surface area contributed by atoms with Gasteiger partial charge in [-0.2, -0.15) is 0 Å². The molecule has 1 N–H and O–H groups in total. The number of benzene rings is 1. The van der Waals surface area contributed by atoms with Crippen LogP contribution in [-0.2, 0) is 11.4 Å². The summed E-state index contributed by atoms with van der Waals surface area (Å²) in [5, 5.41) is 0. The van der Waals surface area contributed by atoms with Crippen LogP contribution >= 0.6 is 15.9 Å². The molecule has 0 bridgehead atoms. The maximum Gasteiger partial charge on any atom is 0.136 e. The van der Waals surface area contributed by atoms with Crippen molar-refractivity contribution in [3.05, 3.63) is 47.0 Å². The van der Waals surface area contributed by atoms with E-state index in [1.807, 2.05) is 51.1 Å². The van der Waals surface area contributed by atoms with E-state index in [9.17, 15) is 4.55 Å². The van der Waals surface area contributed by atoms with Crippen molar-refractivity contribution in [1.29, 1.82) is 0 Å². The van der Waals surface area contributed by atoms with Crippen molar-refractivity contribution < 1.29 is 4.55 Å². The minimum Gasteiger partial charge on any atom is -0.598 e. The van der Waals surface area contributed by atoms with Crippen LogP contribution in [-0.4, -0.2) is 9.30 Å². The van der Waals surface area contributed by atoms with Crippen LogP contribution in [0, 0.1) is 0 Å². The van der Waals surface area contributed by atoms with Gasteiger partial charge in [-0.3, -0.25) is 0 Å². The lowest BCUT2D eigenvalue weighted by Gasteiger charge is -2.27. The average molecular weight is 330 g/mol. The summed E-state index contributed by atoms with van der Waals surface area (Å²) < 4.78 is 16.1. The first kappa shape index (κ1) is 15.8. The van der Waals surface area contributed by atoms with E-state index in [0.717, 1.165) is 16.5 Å². The van der Waals surface area contributed by atoms with Crippen LogP contribution in [0.25, 0.3) is 0 Å². The summed E-state index contributed by atoms with van der Waals surface area (Å²) in [5.41, 5.74) is 1.11. The smallest absolute Gasteiger partial charge is 0.136 e. The first-order valence-electron chi connectivity index (χ1n) is 5.89. The topological polar surface area (TPSA) is 35.1 Å². The Morgan fingerprint density at radius 2 is 2.17 bits per heavy atom. The molecule has 0 aliphatic carbocycles. The molecule has 4 heteroatoms. The zero-order valence-electron chi connectivity index (χ0n) is 11.1. The van der Waals surface area contributed by atoms with Gasteiger partial charge < -0.3 is 4.55 Å². The molecule has 0 saturated carbocycles. The third kappa shape index (κ3) is 4.76. The van der Waals surface area contributed by atoms with E-state index in [4.69, 9.17) is 0 Å². The van der Waals surface area contributed by atoms with Crippen LogP contribution in [0.1, 0.15) is 38.8 Å². The van der Waals surface area contributed by atoms with Crippen molar-refractivity contribution >= 4 is 27.3 Å². The highest BCUT2D eigenvalue weighted by Gasteiger charge is 2.29. The molecule has 1 rings (SSSR count). The molecule has 0 heterocycles. The summed E-state index contributed by atoms with van der Waals surface area (Å²) in [6.07, 6.45) is 2.59. The van der Waals surface area contributed by atoms with Gasteiger partial charge in [-0.15, -0.1) is 11.3 Å². The molecule has 0 spiro atoms. The normalized spacial score (nSPS) is 15.2. The quantitative estimate of drug-likeness (QED) is 0.651. The SMILES string of the molecule is C=CCC(N[S@+]([O-])C(C)(C)C)c1cccc(Br)c1. The monoisotopic (exact) mass is 329 g/mol. The first-order chi connectivity index (χ1) is 8.34. The molecule has 18 heavy (non-hydrogen) atoms. The summed E-state index contributed by atoms with van der Waals surface area (Å²) in [7, 11) is 0. The molecule has 0 aliphatic heterocycles. The zero-order valence-corrected chi connectivity index (χ0v) is 13.5. The van der Waals surface area contributed by atoms with Gasteiger partial charge in [0.2, 0.25) is 0 Å². The van der Waals surface area contributed by atoms with Crippen molar-refractivity contribution in [2.24, 2.45) is 0 Å². The van der Waals surface area contributed by atoms with Crippen molar-refractivity contribution in [1.82, 2.24) is 4.72 Å². The van der Waals surface area contributed by atoms with Crippen LogP contribution in [0.4, 0.5) is 0 Å². The van der Waals surface area contributed by atoms with Crippen LogP contribution < -0.4 is 4.72 Å². The third-order valence-corrected chi connectivity index (χ3v) is 4.56. The summed E-state index contributed by atoms with van der Waals surface area (Å²) in [4.78, 5) is 0. The Labute approximate surface area is 121 Å². The maximum atomic E-state index is 12.2. The van der Waals surface area contributed by atoms with E-state index < -0.39 is 11.4 Å². The molecular formula is C14H20BrNOS. The molecule has 0 aromatic heterocycles. The first-order valence-corrected chi connectivity index (χ1v) is 7.83. The van der Waals surface area contributed by atoms with Crippen LogP contribution in [0.3, 0.4) is 0 Å². The van der Waals surface area contributed by atoms with Gasteiger partial charge in [-0.25, -0.2) is 0 Å². The second-order valence-electron chi connectivity index (χ2n) is 5.13. The van der Waals surface area contributed by atoms with E-state index in [2.05, 4.69) is 27.2 Å². The molecule has 0 radical (unpaired) electrons. The highest BCUT2D eigenvalue weighted by atomic mass is 79.9. The maximum absolute atomic E-state index is 12.2. The Morgan fingerprint density at radius 3 is 2.67 bits per heavy atom. The molecule has 2 nitrogen and oxygen atoms in total. The minimum atomic E-state index is -1.09. The lowest BCUT2D eigenvalue weighted by molar-refractivity contribution is 0.524. The fourth-order valence-corrected chi connectivity index (χ4v) is 2.71. The predicted octanol–water partition coefficient (Wildman–Crippen LogP) is 4.12. The number of rotatable bonds is 5. The molecule has 0 amide bonds. The van der Waals surface area contributed by atoms with Crippen molar-refractivity contribution in [2.45, 2.75) is 38.0 Å². The van der Waals surface area contributed by atoms with Gasteiger partial charge in [-0.1, -0.05) is 34.1 Å². The van der Waals surface area contributed by atoms with Gasteiger partial charge in [0.15, 0.2) is 0 Å². The summed E-state index contributed by atoms with van der Waals surface area (Å²) >= 11 is 2.37. The van der Waals surface area contributed by atoms with E-state index in [-0.39, 0.29) is 10.8 Å². The fourth-order valence-electron chi connectivity index (χ4n) is 1.45. The Balaban J connectivity index is 2.86. The molecule has 100 valence electrons. The minimum absolute atomic E-state index is 0.0278. The molecule has 0 fully saturated rings. The van der Waals surface area contributed by atoms with Gasteiger partial charge >= 0.3 is 0 Å². The van der Waals surface area contributed by atoms with E-state index in [1.165, 1.54) is 0 Å². The molecule has 2 atom stereocenters. The van der Waals surface area contributed by atoms with E-state index in [0.29, 0.717) is 0 Å². The fraction of sp³-hybridized carbons (Fsp3) is 0.429. The number of hydrogen-bond donors (Lipinski definition) is 1. The standard InChI is InChI=1S/C14H20BrNOS/c1-5-7-13(16-18(17)14(2,3)4)11-8-6-9-12(15)10-11/h5-6,8-10,13,16H,1,7H2,2-4H3/t13?,18-/m1/s1. The van der Waals surface area contributed by atoms with Gasteiger partial charge in [0.25, 0.3) is 0 Å². The highest BCUT2D eigenvalue weighted by molar-refractivity contribution is 9.10. The highest BCUT2D eigenvalue weighted by Crippen LogP contribution is 2.24. The van der Waals surface area contributed by atoms with E-state index >= 15 is 0 Å². The molecule has 1 unspecified atom stereocenters. The van der Waals surface area contributed by atoms with Crippen LogP contribution in [0.2, 0.25) is 0 Å². The summed E-state index contributed by atoms with van der Waals surface area (Å²) in [6.45, 7) is 9.65. The molecule has 1 aromatic rings. The molecule has 0 saturated heterocycles. The van der Waals surface area contributed by atoms with Crippen molar-refractivity contribution in [3.8, 4) is 0 Å². The Kier molecular flexibility index (Phi) is 5.92. The van der Waals surface area contributed by atoms with Gasteiger partial charge in [0.05, 0.1) is 6.04 Å². The van der Waals surface area contributed by atoms with Gasteiger partial charge in [-0.05, 0) is 44.9 Å². The number of halogens is 1. The second kappa shape index (κ2) is 6.75. The summed E-state index contributed by atoms with van der Waals surface area (Å²) in [5.74, 6) is 0. The van der Waals surface area contributed by atoms with Crippen LogP contribution in [0.15, 0.2) is 41.4 Å². The average Bonchev–Trinajstić information content (AvgIpc) is 2.27. The van der Waals surface area contributed by atoms with Crippen molar-refractivity contribution in [3.63, 3.8) is 0 Å². The zero-order chi connectivity index (χ0) is 13.8. The van der Waals surface area contributed by atoms with Gasteiger partial charge in [0.1, 0.15) is 4.75 Å². The van der Waals surface area contributed by atoms with Gasteiger partial charge in [0, 0.05) is 15.8 Å². The molecular weight excluding hydrogens is 310 g/mol. The molecule has 1 aromatic carbocycles. The van der Waals surface area contributed by atoms with E-state index in [1.54, 1.807) is 0 Å². The number of nitrogens with one attached hydrogen (secondary N) is 1. The van der Waals surface area contributed by atoms with Crippen molar-refractivity contribution in [2.75, 3.05) is 0 Å². The third-order valence-electron chi connectivity index (χ3n) is 2.46. The molecule has 0 aliphatic rings. The lowest BCUT2D eigenvalue weighted by atomic mass is 10.1. The predicted molar refractivity (Wildman–Crippen MR) is 82.7 cm³/mol. The summed E-state index contributed by atoms with van der Waals surface area (Å²) in [6, 6.07) is 8.07. The number of hydrogen-bond acceptors (Lipinski definition) is 2. The Morgan fingerprint density at radius 1 is 1.50 bits per heavy atom. The van der Waals surface area contributed by atoms with Crippen LogP contribution in [0.5, 0.6) is 0 Å². The second-order valence-corrected chi connectivity index (χ2v) is 8.04. The lowest BCUT2D eigenvalue weighted by Crippen LogP contribution is -2.41. The Bertz CT molecular complexity index is 403. The Hall–Kier alpha value is -0.290.